The van der Waals surface area contributed by atoms with Crippen LogP contribution in [0.4, 0.5) is 4.79 Å². The summed E-state index contributed by atoms with van der Waals surface area (Å²) >= 11 is 10.3. The summed E-state index contributed by atoms with van der Waals surface area (Å²) in [7, 11) is 0. The Morgan fingerprint density at radius 1 is 1.33 bits per heavy atom. The second kappa shape index (κ2) is 5.62. The lowest BCUT2D eigenvalue weighted by Gasteiger charge is -2.42. The van der Waals surface area contributed by atoms with Crippen LogP contribution >= 0.6 is 39.3 Å². The minimum absolute atomic E-state index is 0.178. The fourth-order valence-corrected chi connectivity index (χ4v) is 3.67. The quantitative estimate of drug-likeness (QED) is 0.780. The smallest absolute Gasteiger partial charge is 0.289 e. The van der Waals surface area contributed by atoms with Gasteiger partial charge < -0.3 is 4.90 Å². The lowest BCUT2D eigenvalue weighted by atomic mass is 10.1. The summed E-state index contributed by atoms with van der Waals surface area (Å²) in [5.41, 5.74) is 0.415. The lowest BCUT2D eigenvalue weighted by molar-refractivity contribution is -0.128. The lowest BCUT2D eigenvalue weighted by Crippen LogP contribution is -2.62. The minimum Gasteiger partial charge on any atom is -0.334 e. The molecule has 0 bridgehead atoms. The molecule has 2 aliphatic heterocycles. The molecule has 0 spiro atoms. The van der Waals surface area contributed by atoms with Crippen LogP contribution in [0.3, 0.4) is 0 Å². The van der Waals surface area contributed by atoms with Crippen LogP contribution in [-0.2, 0) is 4.79 Å². The summed E-state index contributed by atoms with van der Waals surface area (Å²) in [5.74, 6) is -0.173. The number of rotatable bonds is 2. The maximum Gasteiger partial charge on any atom is 0.289 e. The van der Waals surface area contributed by atoms with E-state index in [2.05, 4.69) is 15.9 Å². The van der Waals surface area contributed by atoms with E-state index in [9.17, 15) is 14.4 Å². The molecule has 2 aliphatic rings. The monoisotopic (exact) mass is 388 g/mol. The number of likely N-dealkylation sites (tertiary alicyclic amines) is 1. The zero-order valence-corrected chi connectivity index (χ0v) is 13.9. The number of hydrogen-bond acceptors (Lipinski definition) is 4. The molecule has 3 amide bonds. The SMILES string of the molecule is O=C(c1cc(Br)ccc1Cl)N1CC(N2C(=O)CSC2=O)C1. The number of halogens is 2. The Morgan fingerprint density at radius 2 is 2.05 bits per heavy atom. The number of carbonyl (C=O) groups is 3. The van der Waals surface area contributed by atoms with Gasteiger partial charge in [0.2, 0.25) is 5.91 Å². The number of amides is 3. The average Bonchev–Trinajstić information content (AvgIpc) is 2.72. The van der Waals surface area contributed by atoms with E-state index in [1.54, 1.807) is 23.1 Å². The van der Waals surface area contributed by atoms with Gasteiger partial charge in [-0.05, 0) is 18.2 Å². The molecule has 5 nitrogen and oxygen atoms in total. The van der Waals surface area contributed by atoms with Gasteiger partial charge in [0.05, 0.1) is 22.4 Å². The van der Waals surface area contributed by atoms with Gasteiger partial charge in [-0.2, -0.15) is 0 Å². The van der Waals surface area contributed by atoms with E-state index in [0.717, 1.165) is 16.2 Å². The van der Waals surface area contributed by atoms with Gasteiger partial charge in [0, 0.05) is 17.6 Å². The molecule has 0 unspecified atom stereocenters. The van der Waals surface area contributed by atoms with Crippen molar-refractivity contribution in [2.75, 3.05) is 18.8 Å². The molecule has 1 aromatic rings. The number of nitrogens with zero attached hydrogens (tertiary/aromatic N) is 2. The van der Waals surface area contributed by atoms with Crippen molar-refractivity contribution in [1.29, 1.82) is 0 Å². The summed E-state index contributed by atoms with van der Waals surface area (Å²) < 4.78 is 0.772. The number of benzene rings is 1. The molecule has 0 aromatic heterocycles. The Kier molecular flexibility index (Phi) is 3.98. The molecule has 3 rings (SSSR count). The number of thioether (sulfide) groups is 1. The molecule has 2 fully saturated rings. The molecule has 0 saturated carbocycles. The summed E-state index contributed by atoms with van der Waals surface area (Å²) in [4.78, 5) is 38.4. The molecule has 0 aliphatic carbocycles. The van der Waals surface area contributed by atoms with Crippen molar-refractivity contribution in [3.05, 3.63) is 33.3 Å². The summed E-state index contributed by atoms with van der Waals surface area (Å²) in [6.07, 6.45) is 0. The van der Waals surface area contributed by atoms with E-state index < -0.39 is 0 Å². The van der Waals surface area contributed by atoms with E-state index in [1.165, 1.54) is 4.90 Å². The predicted octanol–water partition coefficient (Wildman–Crippen LogP) is 2.62. The van der Waals surface area contributed by atoms with Gasteiger partial charge in [0.15, 0.2) is 0 Å². The molecule has 0 N–H and O–H groups in total. The van der Waals surface area contributed by atoms with Gasteiger partial charge in [-0.15, -0.1) is 0 Å². The van der Waals surface area contributed by atoms with E-state index in [-0.39, 0.29) is 28.8 Å². The summed E-state index contributed by atoms with van der Waals surface area (Å²) in [6.45, 7) is 0.722. The highest BCUT2D eigenvalue weighted by atomic mass is 79.9. The van der Waals surface area contributed by atoms with Crippen LogP contribution in [0.2, 0.25) is 5.02 Å². The van der Waals surface area contributed by atoms with Crippen molar-refractivity contribution in [3.63, 3.8) is 0 Å². The van der Waals surface area contributed by atoms with E-state index >= 15 is 0 Å². The second-order valence-corrected chi connectivity index (χ2v) is 7.06. The normalized spacial score (nSPS) is 19.1. The topological polar surface area (TPSA) is 57.7 Å². The van der Waals surface area contributed by atoms with E-state index in [1.807, 2.05) is 0 Å². The molecule has 2 heterocycles. The second-order valence-electron chi connectivity index (χ2n) is 4.81. The largest absolute Gasteiger partial charge is 0.334 e. The molecule has 2 saturated heterocycles. The Morgan fingerprint density at radius 3 is 2.67 bits per heavy atom. The van der Waals surface area contributed by atoms with Crippen molar-refractivity contribution in [3.8, 4) is 0 Å². The molecular formula is C13H10BrClN2O3S. The maximum atomic E-state index is 12.4. The van der Waals surface area contributed by atoms with E-state index in [0.29, 0.717) is 23.7 Å². The van der Waals surface area contributed by atoms with Crippen LogP contribution < -0.4 is 0 Å². The van der Waals surface area contributed by atoms with Crippen LogP contribution in [0.1, 0.15) is 10.4 Å². The average molecular weight is 390 g/mol. The van der Waals surface area contributed by atoms with Crippen molar-refractivity contribution in [2.45, 2.75) is 6.04 Å². The van der Waals surface area contributed by atoms with Gasteiger partial charge in [-0.1, -0.05) is 39.3 Å². The van der Waals surface area contributed by atoms with Crippen LogP contribution in [0, 0.1) is 0 Å². The molecule has 1 aromatic carbocycles. The summed E-state index contributed by atoms with van der Waals surface area (Å²) in [6, 6.07) is 4.87. The molecule has 110 valence electrons. The van der Waals surface area contributed by atoms with Crippen molar-refractivity contribution < 1.29 is 14.4 Å². The molecule has 8 heteroatoms. The highest BCUT2D eigenvalue weighted by Gasteiger charge is 2.43. The Hall–Kier alpha value is -1.05. The first-order valence-electron chi connectivity index (χ1n) is 6.20. The summed E-state index contributed by atoms with van der Waals surface area (Å²) in [5, 5.41) is 0.160. The highest BCUT2D eigenvalue weighted by molar-refractivity contribution is 9.10. The number of carbonyl (C=O) groups excluding carboxylic acids is 3. The van der Waals surface area contributed by atoms with Crippen LogP contribution in [0.25, 0.3) is 0 Å². The van der Waals surface area contributed by atoms with Crippen molar-refractivity contribution in [1.82, 2.24) is 9.80 Å². The van der Waals surface area contributed by atoms with Gasteiger partial charge >= 0.3 is 0 Å². The number of imide groups is 1. The maximum absolute atomic E-state index is 12.4. The minimum atomic E-state index is -0.224. The first-order valence-corrected chi connectivity index (χ1v) is 8.36. The third kappa shape index (κ3) is 2.69. The molecular weight excluding hydrogens is 380 g/mol. The fourth-order valence-electron chi connectivity index (χ4n) is 2.33. The van der Waals surface area contributed by atoms with Gasteiger partial charge in [-0.3, -0.25) is 19.3 Å². The van der Waals surface area contributed by atoms with Crippen molar-refractivity contribution in [2.24, 2.45) is 0 Å². The molecule has 21 heavy (non-hydrogen) atoms. The Bertz CT molecular complexity index is 632. The molecule has 0 atom stereocenters. The van der Waals surface area contributed by atoms with Crippen LogP contribution in [0.15, 0.2) is 22.7 Å². The Labute approximate surface area is 138 Å². The third-order valence-electron chi connectivity index (χ3n) is 3.46. The van der Waals surface area contributed by atoms with Gasteiger partial charge in [0.25, 0.3) is 11.1 Å². The van der Waals surface area contributed by atoms with Crippen LogP contribution in [0.5, 0.6) is 0 Å². The zero-order valence-electron chi connectivity index (χ0n) is 10.7. The standard InChI is InChI=1S/C13H10BrClN2O3S/c14-7-1-2-10(15)9(3-7)12(19)16-4-8(5-16)17-11(18)6-21-13(17)20/h1-3,8H,4-6H2. The van der Waals surface area contributed by atoms with Gasteiger partial charge in [0.1, 0.15) is 0 Å². The molecule has 0 radical (unpaired) electrons. The number of hydrogen-bond donors (Lipinski definition) is 0. The third-order valence-corrected chi connectivity index (χ3v) is 5.12. The van der Waals surface area contributed by atoms with Gasteiger partial charge in [-0.25, -0.2) is 0 Å². The first-order chi connectivity index (χ1) is 9.97. The van der Waals surface area contributed by atoms with E-state index in [4.69, 9.17) is 11.6 Å². The fraction of sp³-hybridized carbons (Fsp3) is 0.308. The first kappa shape index (κ1) is 14.9. The Balaban J connectivity index is 1.68. The predicted molar refractivity (Wildman–Crippen MR) is 83.5 cm³/mol. The van der Waals surface area contributed by atoms with Crippen molar-refractivity contribution >= 4 is 56.3 Å². The van der Waals surface area contributed by atoms with Crippen LogP contribution in [-0.4, -0.2) is 51.7 Å². The zero-order chi connectivity index (χ0) is 15.1. The highest BCUT2D eigenvalue weighted by Crippen LogP contribution is 2.29.